The van der Waals surface area contributed by atoms with Crippen LogP contribution in [0.3, 0.4) is 0 Å². The minimum absolute atomic E-state index is 0.0458. The molecular weight excluding hydrogens is 228 g/mol. The zero-order valence-electron chi connectivity index (χ0n) is 11.0. The van der Waals surface area contributed by atoms with Crippen LogP contribution in [0.15, 0.2) is 24.3 Å². The van der Waals surface area contributed by atoms with Gasteiger partial charge in [-0.15, -0.1) is 0 Å². The van der Waals surface area contributed by atoms with Gasteiger partial charge in [-0.05, 0) is 26.0 Å². The Bertz CT molecular complexity index is 600. The lowest BCUT2D eigenvalue weighted by Crippen LogP contribution is -2.06. The van der Waals surface area contributed by atoms with Crippen LogP contribution in [-0.2, 0) is 7.05 Å². The average molecular weight is 244 g/mol. The monoisotopic (exact) mass is 244 g/mol. The number of hydrogen-bond acceptors (Lipinski definition) is 3. The van der Waals surface area contributed by atoms with Gasteiger partial charge in [0.05, 0.1) is 23.9 Å². The first-order valence-electron chi connectivity index (χ1n) is 5.74. The first-order valence-corrected chi connectivity index (χ1v) is 5.74. The highest BCUT2D eigenvalue weighted by Crippen LogP contribution is 2.24. The molecule has 0 atom stereocenters. The molecule has 0 amide bonds. The van der Waals surface area contributed by atoms with Gasteiger partial charge < -0.3 is 4.74 Å². The predicted molar refractivity (Wildman–Crippen MR) is 69.1 cm³/mol. The average Bonchev–Trinajstić information content (AvgIpc) is 2.62. The number of ketones is 1. The number of methoxy groups -OCH3 is 1. The van der Waals surface area contributed by atoms with E-state index in [1.54, 1.807) is 23.9 Å². The number of hydrogen-bond donors (Lipinski definition) is 0. The Hall–Kier alpha value is -2.10. The number of rotatable bonds is 3. The fourth-order valence-corrected chi connectivity index (χ4v) is 2.07. The molecule has 0 bridgehead atoms. The number of aromatic nitrogens is 2. The number of carbonyl (C=O) groups excluding carboxylic acids is 1. The highest BCUT2D eigenvalue weighted by Gasteiger charge is 2.21. The van der Waals surface area contributed by atoms with Gasteiger partial charge in [0.2, 0.25) is 0 Å². The first-order chi connectivity index (χ1) is 8.56. The first kappa shape index (κ1) is 12.4. The Labute approximate surface area is 106 Å². The van der Waals surface area contributed by atoms with Gasteiger partial charge >= 0.3 is 0 Å². The van der Waals surface area contributed by atoms with E-state index in [-0.39, 0.29) is 5.78 Å². The summed E-state index contributed by atoms with van der Waals surface area (Å²) in [4.78, 5) is 12.5. The zero-order chi connectivity index (χ0) is 13.3. The molecule has 4 heteroatoms. The predicted octanol–water partition coefficient (Wildman–Crippen LogP) is 2.28. The third-order valence-corrected chi connectivity index (χ3v) is 3.09. The second kappa shape index (κ2) is 4.64. The normalized spacial score (nSPS) is 10.4. The van der Waals surface area contributed by atoms with Crippen LogP contribution in [-0.4, -0.2) is 22.7 Å². The van der Waals surface area contributed by atoms with E-state index >= 15 is 0 Å². The third kappa shape index (κ3) is 1.90. The quantitative estimate of drug-likeness (QED) is 0.778. The number of para-hydroxylation sites is 1. The van der Waals surface area contributed by atoms with Gasteiger partial charge in [-0.3, -0.25) is 9.48 Å². The fourth-order valence-electron chi connectivity index (χ4n) is 2.07. The van der Waals surface area contributed by atoms with Gasteiger partial charge in [-0.1, -0.05) is 12.1 Å². The molecule has 0 saturated heterocycles. The molecule has 0 radical (unpaired) electrons. The van der Waals surface area contributed by atoms with Gasteiger partial charge in [0.15, 0.2) is 5.78 Å². The maximum atomic E-state index is 12.5. The van der Waals surface area contributed by atoms with Crippen LogP contribution in [0.25, 0.3) is 0 Å². The molecule has 4 nitrogen and oxygen atoms in total. The number of benzene rings is 1. The Balaban J connectivity index is 2.55. The van der Waals surface area contributed by atoms with E-state index in [1.807, 2.05) is 33.0 Å². The van der Waals surface area contributed by atoms with Crippen LogP contribution >= 0.6 is 0 Å². The molecule has 0 fully saturated rings. The van der Waals surface area contributed by atoms with Crippen LogP contribution in [0.2, 0.25) is 0 Å². The number of carbonyl (C=O) groups is 1. The zero-order valence-corrected chi connectivity index (χ0v) is 11.0. The molecule has 0 unspecified atom stereocenters. The lowest BCUT2D eigenvalue weighted by Gasteiger charge is -2.07. The van der Waals surface area contributed by atoms with Crippen molar-refractivity contribution in [3.05, 3.63) is 46.8 Å². The minimum Gasteiger partial charge on any atom is -0.496 e. The summed E-state index contributed by atoms with van der Waals surface area (Å²) in [6.45, 7) is 3.73. The molecular formula is C14H16N2O2. The number of nitrogens with zero attached hydrogens (tertiary/aromatic N) is 2. The van der Waals surface area contributed by atoms with E-state index < -0.39 is 0 Å². The van der Waals surface area contributed by atoms with Crippen molar-refractivity contribution < 1.29 is 9.53 Å². The van der Waals surface area contributed by atoms with E-state index in [4.69, 9.17) is 4.74 Å². The summed E-state index contributed by atoms with van der Waals surface area (Å²) >= 11 is 0. The van der Waals surface area contributed by atoms with E-state index in [0.29, 0.717) is 16.9 Å². The molecule has 1 aromatic heterocycles. The maximum absolute atomic E-state index is 12.5. The van der Waals surface area contributed by atoms with E-state index in [2.05, 4.69) is 5.10 Å². The molecule has 0 aliphatic heterocycles. The maximum Gasteiger partial charge on any atom is 0.200 e. The molecule has 94 valence electrons. The van der Waals surface area contributed by atoms with Gasteiger partial charge in [0.25, 0.3) is 0 Å². The largest absolute Gasteiger partial charge is 0.496 e. The SMILES string of the molecule is COc1ccccc1C(=O)c1c(C)nn(C)c1C. The van der Waals surface area contributed by atoms with Crippen molar-refractivity contribution in [3.63, 3.8) is 0 Å². The number of ether oxygens (including phenoxy) is 1. The topological polar surface area (TPSA) is 44.1 Å². The fraction of sp³-hybridized carbons (Fsp3) is 0.286. The van der Waals surface area contributed by atoms with Crippen LogP contribution in [0.5, 0.6) is 5.75 Å². The molecule has 0 N–H and O–H groups in total. The van der Waals surface area contributed by atoms with Gasteiger partial charge in [0.1, 0.15) is 5.75 Å². The van der Waals surface area contributed by atoms with E-state index in [9.17, 15) is 4.79 Å². The molecule has 1 aromatic carbocycles. The van der Waals surface area contributed by atoms with E-state index in [0.717, 1.165) is 11.4 Å². The highest BCUT2D eigenvalue weighted by atomic mass is 16.5. The smallest absolute Gasteiger partial charge is 0.200 e. The van der Waals surface area contributed by atoms with E-state index in [1.165, 1.54) is 0 Å². The van der Waals surface area contributed by atoms with Crippen LogP contribution in [0, 0.1) is 13.8 Å². The van der Waals surface area contributed by atoms with Crippen molar-refractivity contribution in [1.82, 2.24) is 9.78 Å². The Morgan fingerprint density at radius 1 is 1.28 bits per heavy atom. The summed E-state index contributed by atoms with van der Waals surface area (Å²) in [5.41, 5.74) is 2.83. The molecule has 0 saturated carbocycles. The second-order valence-corrected chi connectivity index (χ2v) is 4.20. The summed E-state index contributed by atoms with van der Waals surface area (Å²) in [6, 6.07) is 7.23. The Morgan fingerprint density at radius 3 is 2.50 bits per heavy atom. The summed E-state index contributed by atoms with van der Waals surface area (Å²) in [5.74, 6) is 0.542. The molecule has 0 aliphatic rings. The summed E-state index contributed by atoms with van der Waals surface area (Å²) in [5, 5.41) is 4.27. The standard InChI is InChI=1S/C14H16N2O2/c1-9-13(10(2)16(3)15-9)14(17)11-7-5-6-8-12(11)18-4/h5-8H,1-4H3. The second-order valence-electron chi connectivity index (χ2n) is 4.20. The summed E-state index contributed by atoms with van der Waals surface area (Å²) in [7, 11) is 3.40. The lowest BCUT2D eigenvalue weighted by molar-refractivity contribution is 0.103. The van der Waals surface area contributed by atoms with Crippen molar-refractivity contribution in [2.24, 2.45) is 7.05 Å². The highest BCUT2D eigenvalue weighted by molar-refractivity contribution is 6.12. The summed E-state index contributed by atoms with van der Waals surface area (Å²) in [6.07, 6.45) is 0. The molecule has 1 heterocycles. The van der Waals surface area contributed by atoms with Crippen molar-refractivity contribution in [1.29, 1.82) is 0 Å². The summed E-state index contributed by atoms with van der Waals surface area (Å²) < 4.78 is 6.95. The van der Waals surface area contributed by atoms with Gasteiger partial charge in [0, 0.05) is 12.7 Å². The van der Waals surface area contributed by atoms with Crippen LogP contribution in [0.1, 0.15) is 27.3 Å². The Kier molecular flexibility index (Phi) is 3.19. The van der Waals surface area contributed by atoms with Crippen molar-refractivity contribution >= 4 is 5.78 Å². The molecule has 0 aliphatic carbocycles. The van der Waals surface area contributed by atoms with Gasteiger partial charge in [-0.25, -0.2) is 0 Å². The van der Waals surface area contributed by atoms with Gasteiger partial charge in [-0.2, -0.15) is 5.10 Å². The van der Waals surface area contributed by atoms with Crippen molar-refractivity contribution in [3.8, 4) is 5.75 Å². The minimum atomic E-state index is -0.0458. The molecule has 18 heavy (non-hydrogen) atoms. The van der Waals surface area contributed by atoms with Crippen molar-refractivity contribution in [2.75, 3.05) is 7.11 Å². The third-order valence-electron chi connectivity index (χ3n) is 3.09. The molecule has 2 rings (SSSR count). The molecule has 2 aromatic rings. The van der Waals surface area contributed by atoms with Crippen molar-refractivity contribution in [2.45, 2.75) is 13.8 Å². The molecule has 0 spiro atoms. The Morgan fingerprint density at radius 2 is 1.94 bits per heavy atom. The van der Waals surface area contributed by atoms with Crippen LogP contribution in [0.4, 0.5) is 0 Å². The van der Waals surface area contributed by atoms with Crippen LogP contribution < -0.4 is 4.74 Å². The number of aryl methyl sites for hydroxylation is 2. The lowest BCUT2D eigenvalue weighted by atomic mass is 10.0.